The van der Waals surface area contributed by atoms with Gasteiger partial charge in [0, 0.05) is 28.4 Å². The molecular weight excluding hydrogens is 389 g/mol. The Balaban J connectivity index is 1.63. The molecule has 29 heavy (non-hydrogen) atoms. The van der Waals surface area contributed by atoms with Crippen molar-refractivity contribution in [3.8, 4) is 11.5 Å². The Kier molecular flexibility index (Phi) is 4.52. The van der Waals surface area contributed by atoms with Gasteiger partial charge in [-0.05, 0) is 42.3 Å². The van der Waals surface area contributed by atoms with Crippen LogP contribution in [0.3, 0.4) is 0 Å². The van der Waals surface area contributed by atoms with Crippen molar-refractivity contribution in [3.63, 3.8) is 0 Å². The number of hydrogen-bond donors (Lipinski definition) is 0. The molecule has 1 atom stereocenters. The molecule has 1 aromatic heterocycles. The molecule has 0 unspecified atom stereocenters. The molecule has 1 aliphatic heterocycles. The number of fused-ring (bicyclic) bond motifs is 1. The van der Waals surface area contributed by atoms with Crippen molar-refractivity contribution >= 4 is 17.3 Å². The van der Waals surface area contributed by atoms with E-state index < -0.39 is 6.04 Å². The highest BCUT2D eigenvalue weighted by atomic mass is 35.5. The van der Waals surface area contributed by atoms with Crippen LogP contribution in [0.15, 0.2) is 77.2 Å². The minimum absolute atomic E-state index is 0.332. The van der Waals surface area contributed by atoms with Gasteiger partial charge in [0.15, 0.2) is 0 Å². The predicted octanol–water partition coefficient (Wildman–Crippen LogP) is 5.68. The molecule has 0 spiro atoms. The molecule has 0 amide bonds. The third-order valence-electron chi connectivity index (χ3n) is 5.19. The summed E-state index contributed by atoms with van der Waals surface area (Å²) in [5.41, 5.74) is 3.92. The molecule has 6 heteroatoms. The molecular formula is C23H17ClFN3O. The Morgan fingerprint density at radius 3 is 2.59 bits per heavy atom. The standard InChI is InChI=1S/C23H17ClFN3O/c24-19-14-17(25)10-11-18(19)21(28-13-12-15-6-4-5-9-20(15)28)23-27-26-22(29-23)16-7-2-1-3-8-16/h1-11,14,21H,12-13H2/t21-/m1/s1. The summed E-state index contributed by atoms with van der Waals surface area (Å²) in [6, 6.07) is 21.8. The van der Waals surface area contributed by atoms with Crippen molar-refractivity contribution < 1.29 is 8.81 Å². The second-order valence-electron chi connectivity index (χ2n) is 6.95. The zero-order chi connectivity index (χ0) is 19.8. The molecule has 0 radical (unpaired) electrons. The van der Waals surface area contributed by atoms with Crippen molar-refractivity contribution in [1.82, 2.24) is 10.2 Å². The molecule has 0 fully saturated rings. The van der Waals surface area contributed by atoms with Gasteiger partial charge in [0.2, 0.25) is 11.8 Å². The van der Waals surface area contributed by atoms with Crippen LogP contribution in [0.1, 0.15) is 23.1 Å². The Labute approximate surface area is 172 Å². The maximum absolute atomic E-state index is 13.7. The monoisotopic (exact) mass is 405 g/mol. The topological polar surface area (TPSA) is 42.2 Å². The average molecular weight is 406 g/mol. The number of para-hydroxylation sites is 1. The maximum Gasteiger partial charge on any atom is 0.247 e. The first-order valence-electron chi connectivity index (χ1n) is 9.39. The van der Waals surface area contributed by atoms with Crippen molar-refractivity contribution in [3.05, 3.63) is 101 Å². The highest BCUT2D eigenvalue weighted by molar-refractivity contribution is 6.31. The molecule has 0 N–H and O–H groups in total. The largest absolute Gasteiger partial charge is 0.418 e. The van der Waals surface area contributed by atoms with E-state index in [0.717, 1.165) is 29.8 Å². The van der Waals surface area contributed by atoms with Crippen LogP contribution in [-0.2, 0) is 6.42 Å². The Bertz CT molecular complexity index is 1160. The second-order valence-corrected chi connectivity index (χ2v) is 7.36. The number of halogens is 2. The van der Waals surface area contributed by atoms with Gasteiger partial charge in [0.05, 0.1) is 0 Å². The van der Waals surface area contributed by atoms with Gasteiger partial charge in [-0.3, -0.25) is 0 Å². The smallest absolute Gasteiger partial charge is 0.247 e. The summed E-state index contributed by atoms with van der Waals surface area (Å²) in [6.45, 7) is 0.779. The first kappa shape index (κ1) is 17.9. The summed E-state index contributed by atoms with van der Waals surface area (Å²) in [4.78, 5) is 2.19. The molecule has 5 rings (SSSR count). The lowest BCUT2D eigenvalue weighted by Crippen LogP contribution is -2.28. The van der Waals surface area contributed by atoms with Gasteiger partial charge in [-0.15, -0.1) is 10.2 Å². The summed E-state index contributed by atoms with van der Waals surface area (Å²) >= 11 is 6.45. The van der Waals surface area contributed by atoms with E-state index in [2.05, 4.69) is 27.2 Å². The first-order valence-corrected chi connectivity index (χ1v) is 9.77. The van der Waals surface area contributed by atoms with E-state index in [1.807, 2.05) is 42.5 Å². The van der Waals surface area contributed by atoms with E-state index in [1.165, 1.54) is 17.7 Å². The third kappa shape index (κ3) is 3.28. The Morgan fingerprint density at radius 1 is 0.966 bits per heavy atom. The molecule has 0 aliphatic carbocycles. The van der Waals surface area contributed by atoms with Gasteiger partial charge in [-0.25, -0.2) is 4.39 Å². The molecule has 0 bridgehead atoms. The summed E-state index contributed by atoms with van der Waals surface area (Å²) in [5, 5.41) is 8.92. The van der Waals surface area contributed by atoms with Crippen molar-refractivity contribution in [2.45, 2.75) is 12.5 Å². The van der Waals surface area contributed by atoms with Crippen LogP contribution in [0, 0.1) is 5.82 Å². The molecule has 4 nitrogen and oxygen atoms in total. The van der Waals surface area contributed by atoms with Crippen LogP contribution in [0.5, 0.6) is 0 Å². The van der Waals surface area contributed by atoms with E-state index in [-0.39, 0.29) is 5.82 Å². The number of aromatic nitrogens is 2. The summed E-state index contributed by atoms with van der Waals surface area (Å²) < 4.78 is 19.8. The van der Waals surface area contributed by atoms with Crippen LogP contribution in [0.4, 0.5) is 10.1 Å². The average Bonchev–Trinajstić information content (AvgIpc) is 3.39. The summed E-state index contributed by atoms with van der Waals surface area (Å²) in [7, 11) is 0. The second kappa shape index (κ2) is 7.33. The molecule has 0 saturated carbocycles. The molecule has 144 valence electrons. The summed E-state index contributed by atoms with van der Waals surface area (Å²) in [6.07, 6.45) is 0.908. The minimum atomic E-state index is -0.406. The number of anilines is 1. The van der Waals surface area contributed by atoms with Crippen molar-refractivity contribution in [1.29, 1.82) is 0 Å². The lowest BCUT2D eigenvalue weighted by Gasteiger charge is -2.28. The quantitative estimate of drug-likeness (QED) is 0.438. The third-order valence-corrected chi connectivity index (χ3v) is 5.51. The van der Waals surface area contributed by atoms with Crippen LogP contribution < -0.4 is 4.90 Å². The highest BCUT2D eigenvalue weighted by Gasteiger charge is 2.33. The van der Waals surface area contributed by atoms with Gasteiger partial charge < -0.3 is 9.32 Å². The van der Waals surface area contributed by atoms with Crippen LogP contribution in [0.2, 0.25) is 5.02 Å². The van der Waals surface area contributed by atoms with E-state index in [9.17, 15) is 4.39 Å². The minimum Gasteiger partial charge on any atom is -0.418 e. The van der Waals surface area contributed by atoms with Gasteiger partial charge >= 0.3 is 0 Å². The van der Waals surface area contributed by atoms with Crippen LogP contribution in [0.25, 0.3) is 11.5 Å². The van der Waals surface area contributed by atoms with E-state index >= 15 is 0 Å². The van der Waals surface area contributed by atoms with E-state index in [4.69, 9.17) is 16.0 Å². The molecule has 3 aromatic carbocycles. The van der Waals surface area contributed by atoms with E-state index in [0.29, 0.717) is 16.8 Å². The van der Waals surface area contributed by atoms with Gasteiger partial charge in [0.25, 0.3) is 0 Å². The molecule has 1 aliphatic rings. The van der Waals surface area contributed by atoms with Gasteiger partial charge in [-0.2, -0.15) is 0 Å². The number of rotatable bonds is 4. The Morgan fingerprint density at radius 2 is 1.76 bits per heavy atom. The molecule has 2 heterocycles. The van der Waals surface area contributed by atoms with Crippen molar-refractivity contribution in [2.75, 3.05) is 11.4 Å². The normalized spacial score (nSPS) is 14.1. The van der Waals surface area contributed by atoms with Gasteiger partial charge in [0.1, 0.15) is 11.9 Å². The fourth-order valence-corrected chi connectivity index (χ4v) is 4.10. The lowest BCUT2D eigenvalue weighted by atomic mass is 10.0. The SMILES string of the molecule is Fc1ccc([C@H](c2nnc(-c3ccccc3)o2)N2CCc3ccccc32)c(Cl)c1. The predicted molar refractivity (Wildman–Crippen MR) is 110 cm³/mol. The zero-order valence-electron chi connectivity index (χ0n) is 15.4. The fourth-order valence-electron chi connectivity index (χ4n) is 3.83. The highest BCUT2D eigenvalue weighted by Crippen LogP contribution is 2.41. The molecule has 4 aromatic rings. The molecule has 0 saturated heterocycles. The van der Waals surface area contributed by atoms with Crippen LogP contribution >= 0.6 is 11.6 Å². The Hall–Kier alpha value is -3.18. The zero-order valence-corrected chi connectivity index (χ0v) is 16.2. The fraction of sp³-hybridized carbons (Fsp3) is 0.130. The summed E-state index contributed by atoms with van der Waals surface area (Å²) in [5.74, 6) is 0.486. The van der Waals surface area contributed by atoms with Gasteiger partial charge in [-0.1, -0.05) is 54.1 Å². The maximum atomic E-state index is 13.7. The number of hydrogen-bond acceptors (Lipinski definition) is 4. The lowest BCUT2D eigenvalue weighted by molar-refractivity contribution is 0.471. The number of nitrogens with zero attached hydrogens (tertiary/aromatic N) is 3. The van der Waals surface area contributed by atoms with E-state index in [1.54, 1.807) is 6.07 Å². The first-order chi connectivity index (χ1) is 14.2. The number of benzene rings is 3. The van der Waals surface area contributed by atoms with Crippen LogP contribution in [-0.4, -0.2) is 16.7 Å². The van der Waals surface area contributed by atoms with Crippen molar-refractivity contribution in [2.24, 2.45) is 0 Å².